The van der Waals surface area contributed by atoms with Crippen LogP contribution >= 0.6 is 24.0 Å². The maximum atomic E-state index is 12.4. The van der Waals surface area contributed by atoms with Crippen LogP contribution in [-0.2, 0) is 6.54 Å². The molecular weight excluding hydrogens is 402 g/mol. The Morgan fingerprint density at radius 3 is 2.55 bits per heavy atom. The summed E-state index contributed by atoms with van der Waals surface area (Å²) in [5.74, 6) is 1.05. The highest BCUT2D eigenvalue weighted by atomic mass is 32.1. The molecule has 0 atom stereocenters. The van der Waals surface area contributed by atoms with Crippen LogP contribution in [0.2, 0.25) is 0 Å². The normalized spacial score (nSPS) is 14.5. The summed E-state index contributed by atoms with van der Waals surface area (Å²) in [6.45, 7) is 3.04. The van der Waals surface area contributed by atoms with E-state index < -0.39 is 0 Å². The number of carbonyl (C=O) groups is 1. The third-order valence-corrected chi connectivity index (χ3v) is 5.93. The number of pyridine rings is 1. The van der Waals surface area contributed by atoms with E-state index in [1.165, 1.54) is 30.6 Å². The highest BCUT2D eigenvalue weighted by molar-refractivity contribution is 7.80. The van der Waals surface area contributed by atoms with Crippen molar-refractivity contribution in [2.45, 2.75) is 30.7 Å². The van der Waals surface area contributed by atoms with Gasteiger partial charge in [-0.05, 0) is 50.2 Å². The molecule has 0 saturated carbocycles. The number of carbonyl (C=O) groups excluding carboxylic acids is 1. The van der Waals surface area contributed by atoms with Gasteiger partial charge in [0.1, 0.15) is 16.6 Å². The van der Waals surface area contributed by atoms with Crippen molar-refractivity contribution >= 4 is 41.6 Å². The lowest BCUT2D eigenvalue weighted by Gasteiger charge is -2.26. The summed E-state index contributed by atoms with van der Waals surface area (Å²) in [6.07, 6.45) is 3.80. The van der Waals surface area contributed by atoms with E-state index in [4.69, 9.17) is 0 Å². The number of amides is 2. The molecule has 3 aromatic rings. The number of anilines is 2. The van der Waals surface area contributed by atoms with E-state index >= 15 is 0 Å². The van der Waals surface area contributed by atoms with Gasteiger partial charge in [-0.3, -0.25) is 15.5 Å². The molecule has 2 N–H and O–H groups in total. The first kappa shape index (κ1) is 19.9. The summed E-state index contributed by atoms with van der Waals surface area (Å²) in [7, 11) is 0. The number of likely N-dealkylation sites (tertiary alicyclic amines) is 1. The summed E-state index contributed by atoms with van der Waals surface area (Å²) >= 11 is 5.77. The van der Waals surface area contributed by atoms with Crippen LogP contribution in [0.25, 0.3) is 10.6 Å². The quantitative estimate of drug-likeness (QED) is 0.496. The highest BCUT2D eigenvalue weighted by Gasteiger charge is 2.12. The van der Waals surface area contributed by atoms with Gasteiger partial charge in [0.2, 0.25) is 0 Å². The van der Waals surface area contributed by atoms with Crippen molar-refractivity contribution in [3.05, 3.63) is 53.5 Å². The summed E-state index contributed by atoms with van der Waals surface area (Å²) in [6, 6.07) is 13.1. The lowest BCUT2D eigenvalue weighted by atomic mass is 10.1. The Morgan fingerprint density at radius 2 is 1.76 bits per heavy atom. The second kappa shape index (κ2) is 9.39. The van der Waals surface area contributed by atoms with Gasteiger partial charge in [0.05, 0.1) is 5.69 Å². The standard InChI is InChI=1S/C21H23N5OS2/c27-21(25-19-14-29-20(23-19)15-7-9-17(28)10-8-15)24-18-6-4-5-16(22-18)13-26-11-2-1-3-12-26/h4-10,14,28H,1-3,11-13H2,(H2,22,24,25,27). The Kier molecular flexibility index (Phi) is 6.43. The first-order valence-corrected chi connectivity index (χ1v) is 11.0. The van der Waals surface area contributed by atoms with Crippen LogP contribution in [-0.4, -0.2) is 34.0 Å². The molecule has 150 valence electrons. The monoisotopic (exact) mass is 425 g/mol. The second-order valence-corrected chi connectivity index (χ2v) is 8.39. The second-order valence-electron chi connectivity index (χ2n) is 7.01. The zero-order valence-corrected chi connectivity index (χ0v) is 17.7. The summed E-state index contributed by atoms with van der Waals surface area (Å²) < 4.78 is 0. The molecule has 3 heterocycles. The molecule has 1 aromatic carbocycles. The van der Waals surface area contributed by atoms with Crippen LogP contribution < -0.4 is 10.6 Å². The molecule has 1 aliphatic rings. The number of urea groups is 1. The smallest absolute Gasteiger partial charge is 0.298 e. The molecule has 8 heteroatoms. The van der Waals surface area contributed by atoms with Gasteiger partial charge in [0, 0.05) is 22.4 Å². The predicted molar refractivity (Wildman–Crippen MR) is 121 cm³/mol. The molecule has 29 heavy (non-hydrogen) atoms. The van der Waals surface area contributed by atoms with E-state index in [2.05, 4.69) is 38.1 Å². The number of benzene rings is 1. The zero-order chi connectivity index (χ0) is 20.1. The molecule has 0 spiro atoms. The Balaban J connectivity index is 1.35. The van der Waals surface area contributed by atoms with Gasteiger partial charge in [-0.2, -0.15) is 0 Å². The van der Waals surface area contributed by atoms with Crippen LogP contribution in [0.4, 0.5) is 16.4 Å². The average molecular weight is 426 g/mol. The molecule has 0 bridgehead atoms. The minimum Gasteiger partial charge on any atom is -0.298 e. The van der Waals surface area contributed by atoms with Gasteiger partial charge in [0.25, 0.3) is 0 Å². The Labute approximate surface area is 179 Å². The van der Waals surface area contributed by atoms with E-state index in [1.807, 2.05) is 41.8 Å². The summed E-state index contributed by atoms with van der Waals surface area (Å²) in [4.78, 5) is 24.7. The fraction of sp³-hybridized carbons (Fsp3) is 0.286. The third-order valence-electron chi connectivity index (χ3n) is 4.74. The fourth-order valence-corrected chi connectivity index (χ4v) is 4.22. The van der Waals surface area contributed by atoms with Crippen LogP contribution in [0.3, 0.4) is 0 Å². The van der Waals surface area contributed by atoms with Crippen LogP contribution in [0.15, 0.2) is 52.7 Å². The molecule has 0 aliphatic carbocycles. The number of hydrogen-bond acceptors (Lipinski definition) is 6. The lowest BCUT2D eigenvalue weighted by Crippen LogP contribution is -2.29. The number of nitrogens with zero attached hydrogens (tertiary/aromatic N) is 3. The summed E-state index contributed by atoms with van der Waals surface area (Å²) in [5.41, 5.74) is 1.96. The van der Waals surface area contributed by atoms with Crippen molar-refractivity contribution < 1.29 is 4.79 Å². The minimum atomic E-state index is -0.352. The number of hydrogen-bond donors (Lipinski definition) is 3. The van der Waals surface area contributed by atoms with Crippen molar-refractivity contribution in [3.8, 4) is 10.6 Å². The van der Waals surface area contributed by atoms with Crippen LogP contribution in [0, 0.1) is 0 Å². The van der Waals surface area contributed by atoms with E-state index in [-0.39, 0.29) is 6.03 Å². The van der Waals surface area contributed by atoms with Crippen molar-refractivity contribution in [1.29, 1.82) is 0 Å². The molecule has 1 saturated heterocycles. The molecule has 0 radical (unpaired) electrons. The molecule has 2 amide bonds. The maximum Gasteiger partial charge on any atom is 0.326 e. The Hall–Kier alpha value is -2.42. The number of thiazole rings is 1. The summed E-state index contributed by atoms with van der Waals surface area (Å²) in [5, 5.41) is 8.24. The Bertz CT molecular complexity index is 967. The van der Waals surface area contributed by atoms with Crippen molar-refractivity contribution in [2.24, 2.45) is 0 Å². The van der Waals surface area contributed by atoms with Gasteiger partial charge in [-0.15, -0.1) is 24.0 Å². The predicted octanol–water partition coefficient (Wildman–Crippen LogP) is 5.12. The third kappa shape index (κ3) is 5.56. The fourth-order valence-electron chi connectivity index (χ4n) is 3.32. The van der Waals surface area contributed by atoms with Gasteiger partial charge in [-0.1, -0.05) is 24.6 Å². The van der Waals surface area contributed by atoms with Gasteiger partial charge < -0.3 is 0 Å². The first-order chi connectivity index (χ1) is 14.2. The number of piperidine rings is 1. The Morgan fingerprint density at radius 1 is 1.00 bits per heavy atom. The van der Waals surface area contributed by atoms with Crippen molar-refractivity contribution in [1.82, 2.24) is 14.9 Å². The largest absolute Gasteiger partial charge is 0.326 e. The molecule has 4 rings (SSSR count). The van der Waals surface area contributed by atoms with Gasteiger partial charge >= 0.3 is 6.03 Å². The van der Waals surface area contributed by atoms with Crippen LogP contribution in [0.5, 0.6) is 0 Å². The van der Waals surface area contributed by atoms with Crippen molar-refractivity contribution in [2.75, 3.05) is 23.7 Å². The number of thiol groups is 1. The highest BCUT2D eigenvalue weighted by Crippen LogP contribution is 2.26. The SMILES string of the molecule is O=C(Nc1cccc(CN2CCCCC2)n1)Nc1csc(-c2ccc(S)cc2)n1. The minimum absolute atomic E-state index is 0.352. The maximum absolute atomic E-state index is 12.4. The average Bonchev–Trinajstić information content (AvgIpc) is 3.18. The molecule has 1 aliphatic heterocycles. The zero-order valence-electron chi connectivity index (χ0n) is 16.0. The van der Waals surface area contributed by atoms with E-state index in [0.29, 0.717) is 11.6 Å². The lowest BCUT2D eigenvalue weighted by molar-refractivity contribution is 0.218. The molecule has 6 nitrogen and oxygen atoms in total. The van der Waals surface area contributed by atoms with Crippen molar-refractivity contribution in [3.63, 3.8) is 0 Å². The first-order valence-electron chi connectivity index (χ1n) is 9.67. The molecule has 2 aromatic heterocycles. The molecule has 1 fully saturated rings. The number of aromatic nitrogens is 2. The van der Waals surface area contributed by atoms with E-state index in [1.54, 1.807) is 6.07 Å². The van der Waals surface area contributed by atoms with Gasteiger partial charge in [0.15, 0.2) is 0 Å². The van der Waals surface area contributed by atoms with Crippen LogP contribution in [0.1, 0.15) is 25.0 Å². The number of nitrogens with one attached hydrogen (secondary N) is 2. The molecule has 0 unspecified atom stereocenters. The van der Waals surface area contributed by atoms with Gasteiger partial charge in [-0.25, -0.2) is 14.8 Å². The molecular formula is C21H23N5OS2. The van der Waals surface area contributed by atoms with E-state index in [9.17, 15) is 4.79 Å². The van der Waals surface area contributed by atoms with E-state index in [0.717, 1.165) is 40.8 Å². The topological polar surface area (TPSA) is 70.2 Å². The number of rotatable bonds is 5.